The van der Waals surface area contributed by atoms with E-state index in [-0.39, 0.29) is 6.61 Å². The highest BCUT2D eigenvalue weighted by Gasteiger charge is 2.22. The summed E-state index contributed by atoms with van der Waals surface area (Å²) >= 11 is 0. The van der Waals surface area contributed by atoms with Crippen LogP contribution in [0.1, 0.15) is 45.4 Å². The molecule has 0 amide bonds. The Kier molecular flexibility index (Phi) is 19.6. The molecule has 0 heterocycles. The molecule has 20 heteroatoms. The van der Waals surface area contributed by atoms with Crippen molar-refractivity contribution in [2.45, 2.75) is 69.7 Å². The lowest BCUT2D eigenvalue weighted by atomic mass is 10.2. The zero-order chi connectivity index (χ0) is 34.5. The van der Waals surface area contributed by atoms with Crippen LogP contribution in [0.15, 0.2) is 0 Å². The van der Waals surface area contributed by atoms with Gasteiger partial charge in [0.05, 0.1) is 44.6 Å². The number of nitrogens with two attached hydrogens (primary N) is 3. The minimum atomic E-state index is -1.47. The molecule has 8 N–H and O–H groups in total. The maximum absolute atomic E-state index is 12.2. The summed E-state index contributed by atoms with van der Waals surface area (Å²) in [6, 6.07) is -3.96. The van der Waals surface area contributed by atoms with Crippen molar-refractivity contribution in [3.8, 4) is 0 Å². The largest absolute Gasteiger partial charge is 0.480 e. The summed E-state index contributed by atoms with van der Waals surface area (Å²) in [5, 5.41) is 17.4. The molecule has 0 saturated heterocycles. The van der Waals surface area contributed by atoms with Gasteiger partial charge >= 0.3 is 47.8 Å². The highest BCUT2D eigenvalue weighted by atomic mass is 16.6. The first-order chi connectivity index (χ1) is 21.0. The zero-order valence-corrected chi connectivity index (χ0v) is 24.3. The van der Waals surface area contributed by atoms with E-state index in [9.17, 15) is 43.2 Å². The number of ketones is 1. The van der Waals surface area contributed by atoms with Crippen LogP contribution in [0.3, 0.4) is 0 Å². The van der Waals surface area contributed by atoms with Gasteiger partial charge in [0.25, 0.3) is 0 Å². The van der Waals surface area contributed by atoms with Crippen molar-refractivity contribution in [2.75, 3.05) is 33.0 Å². The van der Waals surface area contributed by atoms with Gasteiger partial charge in [-0.05, 0) is 6.92 Å². The number of rotatable bonds is 23. The van der Waals surface area contributed by atoms with E-state index in [4.69, 9.17) is 46.4 Å². The molecule has 0 aliphatic carbocycles. The van der Waals surface area contributed by atoms with Crippen LogP contribution in [0.25, 0.3) is 0 Å². The van der Waals surface area contributed by atoms with Crippen LogP contribution >= 0.6 is 0 Å². The van der Waals surface area contributed by atoms with Crippen molar-refractivity contribution in [1.82, 2.24) is 0 Å². The van der Waals surface area contributed by atoms with Gasteiger partial charge in [-0.3, -0.25) is 43.2 Å². The molecule has 0 bridgehead atoms. The third kappa shape index (κ3) is 20.8. The van der Waals surface area contributed by atoms with Crippen LogP contribution in [0, 0.1) is 0 Å². The van der Waals surface area contributed by atoms with E-state index in [1.807, 2.05) is 0 Å². The summed E-state index contributed by atoms with van der Waals surface area (Å²) < 4.78 is 29.0. The number of carbonyl (C=O) groups excluding carboxylic acids is 7. The Labute approximate surface area is 255 Å². The van der Waals surface area contributed by atoms with Crippen LogP contribution < -0.4 is 17.2 Å². The summed E-state index contributed by atoms with van der Waals surface area (Å²) in [5.74, 6) is -8.95. The molecule has 45 heavy (non-hydrogen) atoms. The third-order valence-corrected chi connectivity index (χ3v) is 5.19. The second-order valence-corrected chi connectivity index (χ2v) is 9.13. The zero-order valence-electron chi connectivity index (χ0n) is 24.3. The second-order valence-electron chi connectivity index (χ2n) is 9.13. The summed E-state index contributed by atoms with van der Waals surface area (Å²) in [7, 11) is 0. The minimum absolute atomic E-state index is 0.389. The van der Waals surface area contributed by atoms with E-state index < -0.39 is 143 Å². The third-order valence-electron chi connectivity index (χ3n) is 5.19. The van der Waals surface area contributed by atoms with Gasteiger partial charge in [0.2, 0.25) is 0 Å². The molecule has 1 unspecified atom stereocenters. The Bertz CT molecular complexity index is 1020. The standard InChI is InChI=1S/C25H37N3O17/c1-13(29)15(26)10-42-20(32)4-2-18(30)40-8-14(45-23(35)7-6-22(34)44-12-17(28)25(38)39)9-41-19(31)3-5-21(33)43-11-16(27)24(36)37/h14-17H,2-12,26-28H2,1H3,(H,36,37)(H,38,39)/t14?,15-,16-,17-/m0/s1. The lowest BCUT2D eigenvalue weighted by molar-refractivity contribution is -0.168. The highest BCUT2D eigenvalue weighted by molar-refractivity contribution is 5.82. The van der Waals surface area contributed by atoms with Crippen LogP contribution in [0.2, 0.25) is 0 Å². The first-order valence-electron chi connectivity index (χ1n) is 13.2. The number of Topliss-reactive ketones (excluding diaryl/α,β-unsaturated/α-hetero) is 1. The van der Waals surface area contributed by atoms with Crippen LogP contribution in [-0.4, -0.2) is 121 Å². The molecule has 0 aromatic heterocycles. The van der Waals surface area contributed by atoms with Gasteiger partial charge in [0, 0.05) is 0 Å². The topological polar surface area (TPSA) is 328 Å². The van der Waals surface area contributed by atoms with Gasteiger partial charge in [-0.2, -0.15) is 0 Å². The molecule has 0 aliphatic heterocycles. The Hall–Kier alpha value is -4.69. The molecule has 0 aromatic carbocycles. The number of hydrogen-bond acceptors (Lipinski definition) is 18. The fourth-order valence-corrected chi connectivity index (χ4v) is 2.51. The van der Waals surface area contributed by atoms with Gasteiger partial charge in [-0.25, -0.2) is 0 Å². The second kappa shape index (κ2) is 21.9. The Morgan fingerprint density at radius 2 is 0.733 bits per heavy atom. The molecule has 254 valence electrons. The molecular weight excluding hydrogens is 614 g/mol. The van der Waals surface area contributed by atoms with Crippen molar-refractivity contribution >= 4 is 53.5 Å². The van der Waals surface area contributed by atoms with E-state index in [1.165, 1.54) is 6.92 Å². The normalized spacial score (nSPS) is 13.2. The first kappa shape index (κ1) is 40.3. The van der Waals surface area contributed by atoms with Crippen molar-refractivity contribution in [2.24, 2.45) is 17.2 Å². The van der Waals surface area contributed by atoms with Crippen LogP contribution in [0.4, 0.5) is 0 Å². The van der Waals surface area contributed by atoms with Crippen molar-refractivity contribution < 1.29 is 81.8 Å². The van der Waals surface area contributed by atoms with E-state index in [0.717, 1.165) is 0 Å². The van der Waals surface area contributed by atoms with Gasteiger partial charge in [0.1, 0.15) is 50.9 Å². The molecule has 0 rings (SSSR count). The van der Waals surface area contributed by atoms with E-state index >= 15 is 0 Å². The van der Waals surface area contributed by atoms with Gasteiger partial charge in [-0.1, -0.05) is 0 Å². The lowest BCUT2D eigenvalue weighted by Gasteiger charge is -2.18. The average Bonchev–Trinajstić information content (AvgIpc) is 2.98. The number of esters is 6. The van der Waals surface area contributed by atoms with Gasteiger partial charge in [-0.15, -0.1) is 0 Å². The van der Waals surface area contributed by atoms with E-state index in [1.54, 1.807) is 0 Å². The maximum atomic E-state index is 12.2. The van der Waals surface area contributed by atoms with E-state index in [0.29, 0.717) is 0 Å². The SMILES string of the molecule is CC(=O)[C@@H](N)COC(=O)CCC(=O)OCC(COC(=O)CCC(=O)OC[C@H](N)C(=O)O)OC(=O)CCC(=O)OC[C@H](N)C(=O)O. The summed E-state index contributed by atoms with van der Waals surface area (Å²) in [6.45, 7) is -1.81. The van der Waals surface area contributed by atoms with Crippen molar-refractivity contribution in [3.05, 3.63) is 0 Å². The predicted octanol–water partition coefficient (Wildman–Crippen LogP) is -3.31. The van der Waals surface area contributed by atoms with Crippen LogP contribution in [0.5, 0.6) is 0 Å². The highest BCUT2D eigenvalue weighted by Crippen LogP contribution is 2.06. The number of aliphatic carboxylic acids is 2. The maximum Gasteiger partial charge on any atom is 0.324 e. The monoisotopic (exact) mass is 651 g/mol. The summed E-state index contributed by atoms with van der Waals surface area (Å²) in [6.07, 6.45) is -4.48. The molecule has 0 saturated carbocycles. The Morgan fingerprint density at radius 1 is 0.467 bits per heavy atom. The molecule has 0 radical (unpaired) electrons. The quantitative estimate of drug-likeness (QED) is 0.0533. The molecule has 0 aromatic rings. The van der Waals surface area contributed by atoms with Gasteiger partial charge in [0.15, 0.2) is 6.10 Å². The lowest BCUT2D eigenvalue weighted by Crippen LogP contribution is -2.36. The summed E-state index contributed by atoms with van der Waals surface area (Å²) in [5.41, 5.74) is 15.8. The number of ether oxygens (including phenoxy) is 6. The van der Waals surface area contributed by atoms with Crippen molar-refractivity contribution in [1.29, 1.82) is 0 Å². The molecule has 4 atom stereocenters. The fourth-order valence-electron chi connectivity index (χ4n) is 2.51. The fraction of sp³-hybridized carbons (Fsp3) is 0.640. The Morgan fingerprint density at radius 3 is 1.02 bits per heavy atom. The van der Waals surface area contributed by atoms with Gasteiger partial charge < -0.3 is 55.8 Å². The molecule has 0 fully saturated rings. The minimum Gasteiger partial charge on any atom is -0.480 e. The van der Waals surface area contributed by atoms with E-state index in [2.05, 4.69) is 9.47 Å². The molecular formula is C25H37N3O17. The Balaban J connectivity index is 4.92. The number of hydrogen-bond donors (Lipinski definition) is 5. The average molecular weight is 652 g/mol. The number of carboxylic acid groups (broad SMARTS) is 2. The smallest absolute Gasteiger partial charge is 0.324 e. The molecule has 0 spiro atoms. The van der Waals surface area contributed by atoms with Crippen molar-refractivity contribution in [3.63, 3.8) is 0 Å². The first-order valence-corrected chi connectivity index (χ1v) is 13.2. The van der Waals surface area contributed by atoms with Crippen LogP contribution in [-0.2, 0) is 71.6 Å². The molecule has 0 aliphatic rings. The summed E-state index contributed by atoms with van der Waals surface area (Å²) in [4.78, 5) is 104. The molecule has 20 nitrogen and oxygen atoms in total. The number of carboxylic acids is 2. The number of carbonyl (C=O) groups is 9. The predicted molar refractivity (Wildman–Crippen MR) is 142 cm³/mol.